The van der Waals surface area contributed by atoms with Crippen molar-refractivity contribution >= 4 is 53.9 Å². The summed E-state index contributed by atoms with van der Waals surface area (Å²) in [5.74, 6) is 0. The van der Waals surface area contributed by atoms with Crippen LogP contribution in [0.1, 0.15) is 0 Å². The smallest absolute Gasteiger partial charge is 0.00141 e. The Morgan fingerprint density at radius 1 is 0.220 bits per heavy atom. The lowest BCUT2D eigenvalue weighted by Crippen LogP contribution is -1.94. The van der Waals surface area contributed by atoms with Gasteiger partial charge < -0.3 is 0 Å². The maximum absolute atomic E-state index is 2.39. The van der Waals surface area contributed by atoms with E-state index in [2.05, 4.69) is 194 Å². The molecule has 0 radical (unpaired) electrons. The number of hydrogen-bond acceptors (Lipinski definition) is 0. The van der Waals surface area contributed by atoms with Crippen molar-refractivity contribution in [2.45, 2.75) is 0 Å². The van der Waals surface area contributed by atoms with Gasteiger partial charge in [-0.2, -0.15) is 0 Å². The first-order chi connectivity index (χ1) is 24.8. The maximum Gasteiger partial charge on any atom is -0.00141 e. The van der Waals surface area contributed by atoms with E-state index in [1.165, 1.54) is 98.4 Å². The van der Waals surface area contributed by atoms with Crippen LogP contribution in [0.2, 0.25) is 0 Å². The molecule has 0 amide bonds. The van der Waals surface area contributed by atoms with Crippen LogP contribution in [0.3, 0.4) is 0 Å². The molecule has 0 aromatic heterocycles. The molecule has 0 saturated heterocycles. The Morgan fingerprint density at radius 2 is 0.700 bits per heavy atom. The van der Waals surface area contributed by atoms with E-state index in [0.717, 1.165) is 0 Å². The topological polar surface area (TPSA) is 0 Å². The molecule has 232 valence electrons. The van der Waals surface area contributed by atoms with E-state index in [4.69, 9.17) is 0 Å². The third-order valence-electron chi connectivity index (χ3n) is 10.4. The number of fused-ring (bicyclic) bond motifs is 5. The average Bonchev–Trinajstić information content (AvgIpc) is 3.19. The maximum atomic E-state index is 2.39. The van der Waals surface area contributed by atoms with E-state index in [0.29, 0.717) is 0 Å². The Morgan fingerprint density at radius 3 is 1.46 bits per heavy atom. The summed E-state index contributed by atoms with van der Waals surface area (Å²) in [4.78, 5) is 0. The summed E-state index contributed by atoms with van der Waals surface area (Å²) in [5.41, 5.74) is 9.93. The number of benzene rings is 10. The number of rotatable bonds is 4. The zero-order valence-corrected chi connectivity index (χ0v) is 27.5. The lowest BCUT2D eigenvalue weighted by Gasteiger charge is -2.21. The van der Waals surface area contributed by atoms with E-state index >= 15 is 0 Å². The SMILES string of the molecule is c1cc(-c2ccc3ccccc3c2)cc(-c2c3ccccc3c(-c3cccc4ccccc34)c3cccc(-c4ccc5ccccc5c4)c23)c1. The largest absolute Gasteiger partial charge is 0.0616 e. The molecule has 0 unspecified atom stereocenters. The van der Waals surface area contributed by atoms with Crippen LogP contribution in [-0.4, -0.2) is 0 Å². The van der Waals surface area contributed by atoms with Gasteiger partial charge in [0.15, 0.2) is 0 Å². The highest BCUT2D eigenvalue weighted by molar-refractivity contribution is 6.26. The van der Waals surface area contributed by atoms with Gasteiger partial charge in [-0.1, -0.05) is 176 Å². The van der Waals surface area contributed by atoms with E-state index < -0.39 is 0 Å². The van der Waals surface area contributed by atoms with Gasteiger partial charge in [-0.05, 0) is 117 Å². The molecular weight excluding hydrogens is 601 g/mol. The second-order valence-corrected chi connectivity index (χ2v) is 13.3. The Balaban J connectivity index is 1.33. The minimum absolute atomic E-state index is 1.21. The Bertz CT molecular complexity index is 2920. The summed E-state index contributed by atoms with van der Waals surface area (Å²) >= 11 is 0. The molecular formula is C50H32. The van der Waals surface area contributed by atoms with Gasteiger partial charge >= 0.3 is 0 Å². The van der Waals surface area contributed by atoms with Gasteiger partial charge in [0, 0.05) is 0 Å². The zero-order valence-electron chi connectivity index (χ0n) is 27.5. The fourth-order valence-electron chi connectivity index (χ4n) is 8.08. The van der Waals surface area contributed by atoms with Crippen molar-refractivity contribution < 1.29 is 0 Å². The highest BCUT2D eigenvalue weighted by Crippen LogP contribution is 2.48. The van der Waals surface area contributed by atoms with Gasteiger partial charge in [0.2, 0.25) is 0 Å². The quantitative estimate of drug-likeness (QED) is 0.169. The van der Waals surface area contributed by atoms with E-state index in [9.17, 15) is 0 Å². The molecule has 0 atom stereocenters. The van der Waals surface area contributed by atoms with Crippen LogP contribution in [-0.2, 0) is 0 Å². The minimum Gasteiger partial charge on any atom is -0.0616 e. The van der Waals surface area contributed by atoms with Gasteiger partial charge in [-0.15, -0.1) is 0 Å². The summed E-state index contributed by atoms with van der Waals surface area (Å²) in [7, 11) is 0. The Hall–Kier alpha value is -6.50. The predicted molar refractivity (Wildman–Crippen MR) is 216 cm³/mol. The van der Waals surface area contributed by atoms with Crippen LogP contribution in [0.5, 0.6) is 0 Å². The summed E-state index contributed by atoms with van der Waals surface area (Å²) in [6.45, 7) is 0. The van der Waals surface area contributed by atoms with Crippen LogP contribution in [0, 0.1) is 0 Å². The lowest BCUT2D eigenvalue weighted by molar-refractivity contribution is 1.62. The predicted octanol–water partition coefficient (Wildman–Crippen LogP) is 14.1. The Kier molecular flexibility index (Phi) is 6.60. The van der Waals surface area contributed by atoms with Gasteiger partial charge in [-0.3, -0.25) is 0 Å². The highest BCUT2D eigenvalue weighted by Gasteiger charge is 2.21. The number of hydrogen-bond donors (Lipinski definition) is 0. The second kappa shape index (κ2) is 11.6. The lowest BCUT2D eigenvalue weighted by atomic mass is 9.81. The molecule has 0 aliphatic heterocycles. The van der Waals surface area contributed by atoms with Crippen molar-refractivity contribution in [3.8, 4) is 44.5 Å². The molecule has 10 rings (SSSR count). The normalized spacial score (nSPS) is 11.6. The van der Waals surface area contributed by atoms with Crippen molar-refractivity contribution in [3.05, 3.63) is 194 Å². The first kappa shape index (κ1) is 28.5. The van der Waals surface area contributed by atoms with Crippen molar-refractivity contribution in [1.29, 1.82) is 0 Å². The molecule has 10 aromatic rings. The average molecular weight is 633 g/mol. The van der Waals surface area contributed by atoms with Crippen molar-refractivity contribution in [2.75, 3.05) is 0 Å². The molecule has 0 saturated carbocycles. The molecule has 0 spiro atoms. The van der Waals surface area contributed by atoms with Crippen LogP contribution in [0.25, 0.3) is 98.4 Å². The first-order valence-electron chi connectivity index (χ1n) is 17.3. The molecule has 0 heterocycles. The summed E-state index contributed by atoms with van der Waals surface area (Å²) < 4.78 is 0. The van der Waals surface area contributed by atoms with Crippen molar-refractivity contribution in [1.82, 2.24) is 0 Å². The van der Waals surface area contributed by atoms with Gasteiger partial charge in [0.25, 0.3) is 0 Å². The fraction of sp³-hybridized carbons (Fsp3) is 0. The van der Waals surface area contributed by atoms with E-state index in [-0.39, 0.29) is 0 Å². The fourth-order valence-corrected chi connectivity index (χ4v) is 8.08. The van der Waals surface area contributed by atoms with Gasteiger partial charge in [0.1, 0.15) is 0 Å². The molecule has 0 heteroatoms. The molecule has 0 N–H and O–H groups in total. The molecule has 0 aliphatic carbocycles. The molecule has 0 nitrogen and oxygen atoms in total. The zero-order chi connectivity index (χ0) is 33.0. The monoisotopic (exact) mass is 632 g/mol. The summed E-state index contributed by atoms with van der Waals surface area (Å²) in [6.07, 6.45) is 0. The van der Waals surface area contributed by atoms with Crippen LogP contribution in [0.15, 0.2) is 194 Å². The van der Waals surface area contributed by atoms with Crippen LogP contribution >= 0.6 is 0 Å². The summed E-state index contributed by atoms with van der Waals surface area (Å²) in [6, 6.07) is 71.5. The molecule has 0 fully saturated rings. The van der Waals surface area contributed by atoms with E-state index in [1.54, 1.807) is 0 Å². The first-order valence-corrected chi connectivity index (χ1v) is 17.3. The molecule has 0 bridgehead atoms. The third kappa shape index (κ3) is 4.61. The van der Waals surface area contributed by atoms with E-state index in [1.807, 2.05) is 0 Å². The van der Waals surface area contributed by atoms with Crippen LogP contribution in [0.4, 0.5) is 0 Å². The third-order valence-corrected chi connectivity index (χ3v) is 10.4. The second-order valence-electron chi connectivity index (χ2n) is 13.3. The summed E-state index contributed by atoms with van der Waals surface area (Å²) in [5, 5.41) is 12.6. The van der Waals surface area contributed by atoms with Crippen molar-refractivity contribution in [3.63, 3.8) is 0 Å². The van der Waals surface area contributed by atoms with Gasteiger partial charge in [-0.25, -0.2) is 0 Å². The minimum atomic E-state index is 1.21. The van der Waals surface area contributed by atoms with Crippen LogP contribution < -0.4 is 0 Å². The molecule has 10 aromatic carbocycles. The molecule has 0 aliphatic rings. The Labute approximate surface area is 291 Å². The highest BCUT2D eigenvalue weighted by atomic mass is 14.2. The van der Waals surface area contributed by atoms with Crippen molar-refractivity contribution in [2.24, 2.45) is 0 Å². The molecule has 50 heavy (non-hydrogen) atoms. The van der Waals surface area contributed by atoms with Gasteiger partial charge in [0.05, 0.1) is 0 Å². The standard InChI is InChI=1S/C50H32/c1-3-15-36-30-39(28-26-33(36)12-1)38-18-9-19-41(32-38)48-45-21-7-8-22-46(45)49(44-24-10-17-35-14-5-6-20-42(35)44)47-25-11-23-43(50(47)48)40-29-27-34-13-2-4-16-37(34)31-40/h1-32H.